The zero-order valence-electron chi connectivity index (χ0n) is 11.0. The van der Waals surface area contributed by atoms with Gasteiger partial charge < -0.3 is 5.73 Å². The molecule has 4 N–H and O–H groups in total. The standard InChI is InChI=1S/C12H16N4O2S/c1-7-4-5-10(6-8(7)2)19(17,18)16-12-11(13)9(3)14-15-12/h4-6H,13H2,1-3H3,(H2,14,15,16). The molecule has 6 nitrogen and oxygen atoms in total. The van der Waals surface area contributed by atoms with Gasteiger partial charge in [0.2, 0.25) is 0 Å². The molecule has 0 amide bonds. The zero-order valence-corrected chi connectivity index (χ0v) is 11.8. The number of aryl methyl sites for hydroxylation is 3. The first-order chi connectivity index (χ1) is 8.81. The molecular formula is C12H16N4O2S. The quantitative estimate of drug-likeness (QED) is 0.796. The highest BCUT2D eigenvalue weighted by atomic mass is 32.2. The molecule has 102 valence electrons. The Kier molecular flexibility index (Phi) is 3.23. The number of benzene rings is 1. The van der Waals surface area contributed by atoms with Crippen LogP contribution in [0.3, 0.4) is 0 Å². The number of H-pyrrole nitrogens is 1. The topological polar surface area (TPSA) is 101 Å². The molecule has 0 fully saturated rings. The molecule has 7 heteroatoms. The lowest BCUT2D eigenvalue weighted by atomic mass is 10.1. The van der Waals surface area contributed by atoms with Crippen molar-refractivity contribution in [3.8, 4) is 0 Å². The Hall–Kier alpha value is -2.02. The minimum absolute atomic E-state index is 0.121. The summed E-state index contributed by atoms with van der Waals surface area (Å²) in [5.74, 6) is 0.121. The molecule has 1 aromatic heterocycles. The SMILES string of the molecule is Cc1ccc(S(=O)(=O)Nc2n[nH]c(C)c2N)cc1C. The third kappa shape index (κ3) is 2.55. The molecule has 0 atom stereocenters. The molecule has 1 heterocycles. The lowest BCUT2D eigenvalue weighted by molar-refractivity contribution is 0.601. The number of aromatic amines is 1. The molecule has 0 aliphatic carbocycles. The maximum absolute atomic E-state index is 12.2. The Bertz CT molecular complexity index is 719. The highest BCUT2D eigenvalue weighted by Crippen LogP contribution is 2.22. The van der Waals surface area contributed by atoms with Crippen molar-refractivity contribution in [1.29, 1.82) is 0 Å². The Morgan fingerprint density at radius 1 is 1.21 bits per heavy atom. The molecule has 0 unspecified atom stereocenters. The number of aromatic nitrogens is 2. The lowest BCUT2D eigenvalue weighted by Crippen LogP contribution is -2.14. The first-order valence-corrected chi connectivity index (χ1v) is 7.20. The number of rotatable bonds is 3. The molecule has 0 bridgehead atoms. The van der Waals surface area contributed by atoms with Crippen LogP contribution in [-0.4, -0.2) is 18.6 Å². The minimum Gasteiger partial charge on any atom is -0.394 e. The fraction of sp³-hybridized carbons (Fsp3) is 0.250. The van der Waals surface area contributed by atoms with E-state index in [0.29, 0.717) is 11.4 Å². The van der Waals surface area contributed by atoms with Gasteiger partial charge in [0.25, 0.3) is 10.0 Å². The third-order valence-electron chi connectivity index (χ3n) is 3.01. The first-order valence-electron chi connectivity index (χ1n) is 5.72. The molecule has 2 aromatic rings. The summed E-state index contributed by atoms with van der Waals surface area (Å²) in [6.07, 6.45) is 0. The van der Waals surface area contributed by atoms with Gasteiger partial charge in [-0.2, -0.15) is 5.10 Å². The van der Waals surface area contributed by atoms with Crippen LogP contribution >= 0.6 is 0 Å². The summed E-state index contributed by atoms with van der Waals surface area (Å²) < 4.78 is 26.8. The van der Waals surface area contributed by atoms with Gasteiger partial charge in [-0.05, 0) is 44.0 Å². The second kappa shape index (κ2) is 4.58. The van der Waals surface area contributed by atoms with E-state index < -0.39 is 10.0 Å². The molecule has 0 saturated carbocycles. The fourth-order valence-electron chi connectivity index (χ4n) is 1.58. The summed E-state index contributed by atoms with van der Waals surface area (Å²) in [5, 5.41) is 6.46. The molecule has 2 rings (SSSR count). The molecule has 0 aliphatic rings. The molecule has 0 saturated heterocycles. The van der Waals surface area contributed by atoms with Crippen LogP contribution in [0, 0.1) is 20.8 Å². The van der Waals surface area contributed by atoms with Crippen LogP contribution in [0.5, 0.6) is 0 Å². The van der Waals surface area contributed by atoms with E-state index in [4.69, 9.17) is 5.73 Å². The highest BCUT2D eigenvalue weighted by Gasteiger charge is 2.18. The number of nitrogens with one attached hydrogen (secondary N) is 2. The zero-order chi connectivity index (χ0) is 14.2. The monoisotopic (exact) mass is 280 g/mol. The van der Waals surface area contributed by atoms with Crippen LogP contribution in [-0.2, 0) is 10.0 Å². The van der Waals surface area contributed by atoms with Gasteiger partial charge in [0.1, 0.15) is 0 Å². The van der Waals surface area contributed by atoms with Crippen molar-refractivity contribution >= 4 is 21.5 Å². The summed E-state index contributed by atoms with van der Waals surface area (Å²) in [4.78, 5) is 0.190. The summed E-state index contributed by atoms with van der Waals surface area (Å²) in [5.41, 5.74) is 8.59. The molecule has 0 aliphatic heterocycles. The van der Waals surface area contributed by atoms with Crippen LogP contribution in [0.25, 0.3) is 0 Å². The van der Waals surface area contributed by atoms with Gasteiger partial charge in [0, 0.05) is 0 Å². The Morgan fingerprint density at radius 3 is 2.42 bits per heavy atom. The molecule has 0 spiro atoms. The van der Waals surface area contributed by atoms with Crippen LogP contribution in [0.2, 0.25) is 0 Å². The van der Waals surface area contributed by atoms with Crippen molar-refractivity contribution in [2.45, 2.75) is 25.7 Å². The van der Waals surface area contributed by atoms with E-state index in [1.165, 1.54) is 0 Å². The van der Waals surface area contributed by atoms with Gasteiger partial charge in [-0.3, -0.25) is 9.82 Å². The average molecular weight is 280 g/mol. The largest absolute Gasteiger partial charge is 0.394 e. The predicted octanol–water partition coefficient (Wildman–Crippen LogP) is 1.72. The number of sulfonamides is 1. The van der Waals surface area contributed by atoms with E-state index in [9.17, 15) is 8.42 Å². The minimum atomic E-state index is -3.67. The summed E-state index contributed by atoms with van der Waals surface area (Å²) >= 11 is 0. The van der Waals surface area contributed by atoms with Crippen LogP contribution in [0.1, 0.15) is 16.8 Å². The summed E-state index contributed by atoms with van der Waals surface area (Å²) in [7, 11) is -3.67. The van der Waals surface area contributed by atoms with Gasteiger partial charge >= 0.3 is 0 Å². The van der Waals surface area contributed by atoms with E-state index in [-0.39, 0.29) is 10.7 Å². The highest BCUT2D eigenvalue weighted by molar-refractivity contribution is 7.92. The Balaban J connectivity index is 2.37. The van der Waals surface area contributed by atoms with Gasteiger partial charge in [-0.25, -0.2) is 8.42 Å². The smallest absolute Gasteiger partial charge is 0.263 e. The van der Waals surface area contributed by atoms with Crippen molar-refractivity contribution in [2.24, 2.45) is 0 Å². The number of anilines is 2. The van der Waals surface area contributed by atoms with Crippen LogP contribution in [0.15, 0.2) is 23.1 Å². The summed E-state index contributed by atoms with van der Waals surface area (Å²) in [6, 6.07) is 4.94. The number of nitrogens with two attached hydrogens (primary N) is 1. The number of nitrogen functional groups attached to an aromatic ring is 1. The van der Waals surface area contributed by atoms with E-state index >= 15 is 0 Å². The van der Waals surface area contributed by atoms with Crippen molar-refractivity contribution in [3.63, 3.8) is 0 Å². The van der Waals surface area contributed by atoms with Crippen LogP contribution in [0.4, 0.5) is 11.5 Å². The second-order valence-electron chi connectivity index (χ2n) is 4.46. The van der Waals surface area contributed by atoms with E-state index in [0.717, 1.165) is 11.1 Å². The Morgan fingerprint density at radius 2 is 1.89 bits per heavy atom. The first kappa shape index (κ1) is 13.4. The van der Waals surface area contributed by atoms with Crippen molar-refractivity contribution in [1.82, 2.24) is 10.2 Å². The van der Waals surface area contributed by atoms with Gasteiger partial charge in [-0.1, -0.05) is 6.07 Å². The fourth-order valence-corrected chi connectivity index (χ4v) is 2.69. The van der Waals surface area contributed by atoms with Crippen molar-refractivity contribution < 1.29 is 8.42 Å². The van der Waals surface area contributed by atoms with Gasteiger partial charge in [0.15, 0.2) is 5.82 Å². The number of nitrogens with zero attached hydrogens (tertiary/aromatic N) is 1. The maximum Gasteiger partial charge on any atom is 0.263 e. The average Bonchev–Trinajstić information content (AvgIpc) is 2.64. The van der Waals surface area contributed by atoms with E-state index in [1.54, 1.807) is 25.1 Å². The molecule has 19 heavy (non-hydrogen) atoms. The van der Waals surface area contributed by atoms with E-state index in [2.05, 4.69) is 14.9 Å². The van der Waals surface area contributed by atoms with Crippen molar-refractivity contribution in [2.75, 3.05) is 10.5 Å². The van der Waals surface area contributed by atoms with E-state index in [1.807, 2.05) is 13.8 Å². The Labute approximate surface area is 112 Å². The molecular weight excluding hydrogens is 264 g/mol. The van der Waals surface area contributed by atoms with Crippen molar-refractivity contribution in [3.05, 3.63) is 35.0 Å². The molecule has 0 radical (unpaired) electrons. The van der Waals surface area contributed by atoms with Crippen LogP contribution < -0.4 is 10.5 Å². The predicted molar refractivity (Wildman–Crippen MR) is 74.5 cm³/mol. The number of hydrogen-bond donors (Lipinski definition) is 3. The third-order valence-corrected chi connectivity index (χ3v) is 4.35. The lowest BCUT2D eigenvalue weighted by Gasteiger charge is -2.08. The summed E-state index contributed by atoms with van der Waals surface area (Å²) in [6.45, 7) is 5.51. The molecule has 1 aromatic carbocycles. The number of hydrogen-bond acceptors (Lipinski definition) is 4. The maximum atomic E-state index is 12.2. The van der Waals surface area contributed by atoms with Gasteiger partial charge in [-0.15, -0.1) is 0 Å². The second-order valence-corrected chi connectivity index (χ2v) is 6.14. The normalized spacial score (nSPS) is 11.5. The van der Waals surface area contributed by atoms with Gasteiger partial charge in [0.05, 0.1) is 16.3 Å².